The highest BCUT2D eigenvalue weighted by molar-refractivity contribution is 7.98. The molecule has 0 aliphatic carbocycles. The molecule has 3 aromatic heterocycles. The van der Waals surface area contributed by atoms with E-state index >= 15 is 0 Å². The number of rotatable bonds is 5. The van der Waals surface area contributed by atoms with Crippen molar-refractivity contribution < 1.29 is 8.94 Å². The van der Waals surface area contributed by atoms with E-state index in [9.17, 15) is 0 Å². The molecule has 20 heavy (non-hydrogen) atoms. The molecule has 0 radical (unpaired) electrons. The Morgan fingerprint density at radius 3 is 2.95 bits per heavy atom. The molecular weight excluding hydrogens is 278 g/mol. The van der Waals surface area contributed by atoms with Crippen molar-refractivity contribution in [2.75, 3.05) is 0 Å². The van der Waals surface area contributed by atoms with Crippen LogP contribution in [0, 0.1) is 0 Å². The van der Waals surface area contributed by atoms with Gasteiger partial charge in [0.15, 0.2) is 10.9 Å². The quantitative estimate of drug-likeness (QED) is 0.716. The van der Waals surface area contributed by atoms with E-state index in [4.69, 9.17) is 14.7 Å². The molecule has 0 atom stereocenters. The van der Waals surface area contributed by atoms with Gasteiger partial charge in [-0.15, -0.1) is 10.2 Å². The number of hydrogen-bond acceptors (Lipinski definition) is 7. The molecule has 0 bridgehead atoms. The zero-order valence-electron chi connectivity index (χ0n) is 10.8. The minimum atomic E-state index is 0.372. The van der Waals surface area contributed by atoms with Crippen LogP contribution in [0.2, 0.25) is 0 Å². The van der Waals surface area contributed by atoms with Gasteiger partial charge in [0.05, 0.1) is 18.5 Å². The van der Waals surface area contributed by atoms with Crippen molar-refractivity contribution in [1.29, 1.82) is 0 Å². The Morgan fingerprint density at radius 1 is 1.35 bits per heavy atom. The van der Waals surface area contributed by atoms with Crippen molar-refractivity contribution in [2.24, 2.45) is 12.8 Å². The number of furan rings is 1. The molecule has 0 fully saturated rings. The van der Waals surface area contributed by atoms with Crippen molar-refractivity contribution in [3.05, 3.63) is 36.0 Å². The molecule has 3 rings (SSSR count). The first-order valence-electron chi connectivity index (χ1n) is 5.98. The van der Waals surface area contributed by atoms with E-state index in [0.717, 1.165) is 16.7 Å². The Kier molecular flexibility index (Phi) is 3.57. The van der Waals surface area contributed by atoms with Crippen molar-refractivity contribution >= 4 is 11.8 Å². The Hall–Kier alpha value is -2.06. The third-order valence-corrected chi connectivity index (χ3v) is 3.83. The highest BCUT2D eigenvalue weighted by atomic mass is 32.2. The monoisotopic (exact) mass is 291 g/mol. The maximum absolute atomic E-state index is 5.56. The summed E-state index contributed by atoms with van der Waals surface area (Å²) in [7, 11) is 1.89. The molecule has 2 N–H and O–H groups in total. The molecule has 0 aliphatic rings. The van der Waals surface area contributed by atoms with Crippen molar-refractivity contribution in [3.8, 4) is 11.5 Å². The maximum Gasteiger partial charge on any atom is 0.202 e. The van der Waals surface area contributed by atoms with Crippen LogP contribution < -0.4 is 5.73 Å². The van der Waals surface area contributed by atoms with Crippen LogP contribution in [0.3, 0.4) is 0 Å². The summed E-state index contributed by atoms with van der Waals surface area (Å²) in [5, 5.41) is 12.9. The number of nitrogens with zero attached hydrogens (tertiary/aromatic N) is 4. The van der Waals surface area contributed by atoms with Crippen LogP contribution in [0.5, 0.6) is 0 Å². The van der Waals surface area contributed by atoms with Crippen LogP contribution in [0.1, 0.15) is 11.5 Å². The lowest BCUT2D eigenvalue weighted by atomic mass is 10.3. The summed E-state index contributed by atoms with van der Waals surface area (Å²) in [6.07, 6.45) is 1.60. The van der Waals surface area contributed by atoms with E-state index in [1.807, 2.05) is 23.7 Å². The lowest BCUT2D eigenvalue weighted by Crippen LogP contribution is -2.05. The van der Waals surface area contributed by atoms with Gasteiger partial charge in [-0.05, 0) is 12.1 Å². The normalized spacial score (nSPS) is 11.1. The Balaban J connectivity index is 1.68. The Morgan fingerprint density at radius 2 is 2.25 bits per heavy atom. The van der Waals surface area contributed by atoms with Crippen molar-refractivity contribution in [1.82, 2.24) is 19.9 Å². The Bertz CT molecular complexity index is 689. The summed E-state index contributed by atoms with van der Waals surface area (Å²) in [6, 6.07) is 5.49. The molecule has 7 nitrogen and oxygen atoms in total. The molecule has 0 amide bonds. The summed E-state index contributed by atoms with van der Waals surface area (Å²) in [5.74, 6) is 2.67. The smallest absolute Gasteiger partial charge is 0.202 e. The largest absolute Gasteiger partial charge is 0.461 e. The number of thioether (sulfide) groups is 1. The molecule has 3 heterocycles. The predicted molar refractivity (Wildman–Crippen MR) is 72.7 cm³/mol. The molecule has 104 valence electrons. The molecule has 0 saturated carbocycles. The van der Waals surface area contributed by atoms with Gasteiger partial charge < -0.3 is 19.2 Å². The van der Waals surface area contributed by atoms with E-state index in [1.165, 1.54) is 11.8 Å². The van der Waals surface area contributed by atoms with E-state index in [1.54, 1.807) is 12.3 Å². The number of nitrogens with two attached hydrogens (primary N) is 1. The minimum absolute atomic E-state index is 0.372. The SMILES string of the molecule is Cn1c(CN)nnc1SCc1cc(-c2ccco2)on1. The van der Waals surface area contributed by atoms with Gasteiger partial charge in [0, 0.05) is 18.9 Å². The van der Waals surface area contributed by atoms with Gasteiger partial charge >= 0.3 is 0 Å². The van der Waals surface area contributed by atoms with Gasteiger partial charge in [-0.25, -0.2) is 0 Å². The van der Waals surface area contributed by atoms with Crippen LogP contribution in [-0.4, -0.2) is 19.9 Å². The van der Waals surface area contributed by atoms with Gasteiger partial charge in [-0.3, -0.25) is 0 Å². The third-order valence-electron chi connectivity index (χ3n) is 2.78. The fourth-order valence-electron chi connectivity index (χ4n) is 1.70. The molecule has 0 unspecified atom stereocenters. The molecule has 0 spiro atoms. The fraction of sp³-hybridized carbons (Fsp3) is 0.250. The summed E-state index contributed by atoms with van der Waals surface area (Å²) in [4.78, 5) is 0. The molecule has 0 aromatic carbocycles. The van der Waals surface area contributed by atoms with Crippen molar-refractivity contribution in [2.45, 2.75) is 17.5 Å². The number of hydrogen-bond donors (Lipinski definition) is 1. The van der Waals surface area contributed by atoms with E-state index in [-0.39, 0.29) is 0 Å². The molecular formula is C12H13N5O2S. The second kappa shape index (κ2) is 5.51. The van der Waals surface area contributed by atoms with E-state index in [2.05, 4.69) is 15.4 Å². The predicted octanol–water partition coefficient (Wildman–Crippen LogP) is 1.81. The standard InChI is InChI=1S/C12H13N5O2S/c1-17-11(6-13)14-15-12(17)20-7-8-5-10(19-16-8)9-3-2-4-18-9/h2-5H,6-7,13H2,1H3. The lowest BCUT2D eigenvalue weighted by molar-refractivity contribution is 0.413. The fourth-order valence-corrected chi connectivity index (χ4v) is 2.51. The van der Waals surface area contributed by atoms with E-state index in [0.29, 0.717) is 23.8 Å². The van der Waals surface area contributed by atoms with Crippen LogP contribution in [0.25, 0.3) is 11.5 Å². The van der Waals surface area contributed by atoms with Crippen molar-refractivity contribution in [3.63, 3.8) is 0 Å². The molecule has 3 aromatic rings. The first-order chi connectivity index (χ1) is 9.78. The first kappa shape index (κ1) is 12.9. The third kappa shape index (κ3) is 2.47. The zero-order chi connectivity index (χ0) is 13.9. The zero-order valence-corrected chi connectivity index (χ0v) is 11.6. The van der Waals surface area contributed by atoms with Gasteiger partial charge in [-0.2, -0.15) is 0 Å². The average molecular weight is 291 g/mol. The summed E-state index contributed by atoms with van der Waals surface area (Å²) in [6.45, 7) is 0.372. The molecule has 0 saturated heterocycles. The second-order valence-corrected chi connectivity index (χ2v) is 5.05. The summed E-state index contributed by atoms with van der Waals surface area (Å²) >= 11 is 1.53. The van der Waals surface area contributed by atoms with Gasteiger partial charge in [-0.1, -0.05) is 16.9 Å². The molecule has 8 heteroatoms. The average Bonchev–Trinajstić information content (AvgIpc) is 3.17. The second-order valence-electron chi connectivity index (χ2n) is 4.11. The van der Waals surface area contributed by atoms with Crippen LogP contribution in [-0.2, 0) is 19.3 Å². The van der Waals surface area contributed by atoms with Gasteiger partial charge in [0.25, 0.3) is 0 Å². The Labute approximate surface area is 119 Å². The van der Waals surface area contributed by atoms with E-state index < -0.39 is 0 Å². The van der Waals surface area contributed by atoms with Crippen LogP contribution in [0.4, 0.5) is 0 Å². The molecule has 0 aliphatic heterocycles. The van der Waals surface area contributed by atoms with Crippen LogP contribution in [0.15, 0.2) is 38.6 Å². The topological polar surface area (TPSA) is 95.9 Å². The maximum atomic E-state index is 5.56. The minimum Gasteiger partial charge on any atom is -0.461 e. The van der Waals surface area contributed by atoms with Gasteiger partial charge in [0.2, 0.25) is 5.76 Å². The highest BCUT2D eigenvalue weighted by Crippen LogP contribution is 2.25. The van der Waals surface area contributed by atoms with Crippen LogP contribution >= 0.6 is 11.8 Å². The lowest BCUT2D eigenvalue weighted by Gasteiger charge is -1.99. The van der Waals surface area contributed by atoms with Gasteiger partial charge in [0.1, 0.15) is 5.82 Å². The first-order valence-corrected chi connectivity index (χ1v) is 6.97. The number of aromatic nitrogens is 4. The summed E-state index contributed by atoms with van der Waals surface area (Å²) in [5.41, 5.74) is 6.38. The summed E-state index contributed by atoms with van der Waals surface area (Å²) < 4.78 is 12.4. The highest BCUT2D eigenvalue weighted by Gasteiger charge is 2.12.